The normalized spacial score (nSPS) is 10.4. The Morgan fingerprint density at radius 2 is 1.67 bits per heavy atom. The van der Waals surface area contributed by atoms with Crippen LogP contribution in [0.4, 0.5) is 5.69 Å². The Bertz CT molecular complexity index is 793. The highest BCUT2D eigenvalue weighted by Crippen LogP contribution is 2.13. The van der Waals surface area contributed by atoms with E-state index in [4.69, 9.17) is 0 Å². The van der Waals surface area contributed by atoms with Gasteiger partial charge in [-0.2, -0.15) is 0 Å². The maximum absolute atomic E-state index is 12.2. The number of hydrogen-bond donors (Lipinski definition) is 2. The van der Waals surface area contributed by atoms with Crippen molar-refractivity contribution in [2.75, 3.05) is 12.4 Å². The summed E-state index contributed by atoms with van der Waals surface area (Å²) in [5.41, 5.74) is 2.44. The molecule has 2 aromatic carbocycles. The lowest BCUT2D eigenvalue weighted by molar-refractivity contribution is -0.114. The summed E-state index contributed by atoms with van der Waals surface area (Å²) in [6, 6.07) is 13.7. The molecule has 2 aromatic rings. The molecule has 0 saturated heterocycles. The van der Waals surface area contributed by atoms with Crippen molar-refractivity contribution in [1.29, 1.82) is 0 Å². The van der Waals surface area contributed by atoms with E-state index in [2.05, 4.69) is 10.6 Å². The van der Waals surface area contributed by atoms with Crippen molar-refractivity contribution in [1.82, 2.24) is 5.32 Å². The van der Waals surface area contributed by atoms with Gasteiger partial charge in [0.1, 0.15) is 0 Å². The molecule has 5 nitrogen and oxygen atoms in total. The Labute approximate surface area is 140 Å². The predicted molar refractivity (Wildman–Crippen MR) is 93.9 cm³/mol. The van der Waals surface area contributed by atoms with Gasteiger partial charge in [-0.3, -0.25) is 14.4 Å². The van der Waals surface area contributed by atoms with E-state index in [1.807, 2.05) is 0 Å². The summed E-state index contributed by atoms with van der Waals surface area (Å²) in [6.07, 6.45) is 3.14. The van der Waals surface area contributed by atoms with Crippen molar-refractivity contribution in [2.45, 2.75) is 6.92 Å². The van der Waals surface area contributed by atoms with Gasteiger partial charge in [0, 0.05) is 30.8 Å². The van der Waals surface area contributed by atoms with E-state index in [-0.39, 0.29) is 17.6 Å². The van der Waals surface area contributed by atoms with Gasteiger partial charge < -0.3 is 10.6 Å². The number of rotatable bonds is 5. The first kappa shape index (κ1) is 17.1. The second kappa shape index (κ2) is 7.87. The number of benzene rings is 2. The van der Waals surface area contributed by atoms with Crippen LogP contribution in [0.25, 0.3) is 6.08 Å². The van der Waals surface area contributed by atoms with Crippen molar-refractivity contribution in [3.8, 4) is 0 Å². The Morgan fingerprint density at radius 1 is 0.958 bits per heavy atom. The van der Waals surface area contributed by atoms with Crippen LogP contribution in [-0.4, -0.2) is 24.6 Å². The Balaban J connectivity index is 2.10. The van der Waals surface area contributed by atoms with Gasteiger partial charge >= 0.3 is 0 Å². The van der Waals surface area contributed by atoms with E-state index >= 15 is 0 Å². The maximum Gasteiger partial charge on any atom is 0.251 e. The molecule has 0 aliphatic heterocycles. The summed E-state index contributed by atoms with van der Waals surface area (Å²) in [5.74, 6) is -0.514. The van der Waals surface area contributed by atoms with E-state index < -0.39 is 0 Å². The molecular formula is C19H18N2O3. The fourth-order valence-electron chi connectivity index (χ4n) is 2.11. The SMILES string of the molecule is CNC(=O)c1ccc(/C=C/C(=O)c2cccc(NC(C)=O)c2)cc1. The van der Waals surface area contributed by atoms with Crippen LogP contribution in [0, 0.1) is 0 Å². The molecule has 2 rings (SSSR count). The summed E-state index contributed by atoms with van der Waals surface area (Å²) in [5, 5.41) is 5.19. The molecule has 5 heteroatoms. The number of carbonyl (C=O) groups excluding carboxylic acids is 3. The molecule has 0 aliphatic carbocycles. The quantitative estimate of drug-likeness (QED) is 0.656. The van der Waals surface area contributed by atoms with E-state index in [1.54, 1.807) is 61.7 Å². The van der Waals surface area contributed by atoms with Crippen LogP contribution in [0.15, 0.2) is 54.6 Å². The van der Waals surface area contributed by atoms with Gasteiger partial charge in [0.25, 0.3) is 5.91 Å². The van der Waals surface area contributed by atoms with E-state index in [0.717, 1.165) is 5.56 Å². The minimum atomic E-state index is -0.189. The van der Waals surface area contributed by atoms with Crippen molar-refractivity contribution < 1.29 is 14.4 Å². The second-order valence-electron chi connectivity index (χ2n) is 5.16. The monoisotopic (exact) mass is 322 g/mol. The Hall–Kier alpha value is -3.21. The first-order valence-electron chi connectivity index (χ1n) is 7.42. The highest BCUT2D eigenvalue weighted by Gasteiger charge is 2.04. The summed E-state index contributed by atoms with van der Waals surface area (Å²) < 4.78 is 0. The molecule has 0 bridgehead atoms. The number of amides is 2. The molecule has 0 fully saturated rings. The summed E-state index contributed by atoms with van der Waals surface area (Å²) >= 11 is 0. The summed E-state index contributed by atoms with van der Waals surface area (Å²) in [7, 11) is 1.57. The molecule has 2 N–H and O–H groups in total. The van der Waals surface area contributed by atoms with Gasteiger partial charge in [-0.05, 0) is 35.9 Å². The fraction of sp³-hybridized carbons (Fsp3) is 0.105. The average molecular weight is 322 g/mol. The molecule has 0 aromatic heterocycles. The smallest absolute Gasteiger partial charge is 0.251 e. The van der Waals surface area contributed by atoms with Crippen LogP contribution in [0.1, 0.15) is 33.2 Å². The van der Waals surface area contributed by atoms with E-state index in [9.17, 15) is 14.4 Å². The number of ketones is 1. The van der Waals surface area contributed by atoms with Gasteiger partial charge in [0.05, 0.1) is 0 Å². The topological polar surface area (TPSA) is 75.3 Å². The van der Waals surface area contributed by atoms with Crippen LogP contribution in [-0.2, 0) is 4.79 Å². The molecule has 0 heterocycles. The van der Waals surface area contributed by atoms with Gasteiger partial charge in [-0.25, -0.2) is 0 Å². The predicted octanol–water partition coefficient (Wildman–Crippen LogP) is 2.90. The van der Waals surface area contributed by atoms with Crippen molar-refractivity contribution >= 4 is 29.4 Å². The van der Waals surface area contributed by atoms with Crippen LogP contribution in [0.2, 0.25) is 0 Å². The summed E-state index contributed by atoms with van der Waals surface area (Å²) in [4.78, 5) is 34.7. The lowest BCUT2D eigenvalue weighted by Crippen LogP contribution is -2.17. The maximum atomic E-state index is 12.2. The molecule has 24 heavy (non-hydrogen) atoms. The number of allylic oxidation sites excluding steroid dienone is 1. The van der Waals surface area contributed by atoms with E-state index in [1.165, 1.54) is 13.0 Å². The second-order valence-corrected chi connectivity index (χ2v) is 5.16. The molecule has 0 unspecified atom stereocenters. The van der Waals surface area contributed by atoms with Gasteiger partial charge in [0.15, 0.2) is 5.78 Å². The van der Waals surface area contributed by atoms with Gasteiger partial charge in [-0.15, -0.1) is 0 Å². The molecule has 122 valence electrons. The van der Waals surface area contributed by atoms with Crippen LogP contribution in [0.3, 0.4) is 0 Å². The van der Waals surface area contributed by atoms with Gasteiger partial charge in [0.2, 0.25) is 5.91 Å². The fourth-order valence-corrected chi connectivity index (χ4v) is 2.11. The lowest BCUT2D eigenvalue weighted by Gasteiger charge is -2.03. The van der Waals surface area contributed by atoms with Crippen molar-refractivity contribution in [2.24, 2.45) is 0 Å². The molecule has 0 saturated carbocycles. The largest absolute Gasteiger partial charge is 0.355 e. The van der Waals surface area contributed by atoms with Crippen molar-refractivity contribution in [3.05, 3.63) is 71.3 Å². The Kier molecular flexibility index (Phi) is 5.63. The molecule has 0 atom stereocenters. The van der Waals surface area contributed by atoms with Crippen LogP contribution >= 0.6 is 0 Å². The third-order valence-electron chi connectivity index (χ3n) is 3.29. The van der Waals surface area contributed by atoms with Crippen molar-refractivity contribution in [3.63, 3.8) is 0 Å². The number of anilines is 1. The van der Waals surface area contributed by atoms with E-state index in [0.29, 0.717) is 16.8 Å². The number of hydrogen-bond acceptors (Lipinski definition) is 3. The zero-order valence-electron chi connectivity index (χ0n) is 13.5. The third-order valence-corrected chi connectivity index (χ3v) is 3.29. The zero-order valence-corrected chi connectivity index (χ0v) is 13.5. The first-order chi connectivity index (χ1) is 11.5. The molecular weight excluding hydrogens is 304 g/mol. The lowest BCUT2D eigenvalue weighted by atomic mass is 10.1. The highest BCUT2D eigenvalue weighted by atomic mass is 16.2. The Morgan fingerprint density at radius 3 is 2.29 bits per heavy atom. The molecule has 0 spiro atoms. The minimum absolute atomic E-state index is 0.156. The molecule has 2 amide bonds. The number of carbonyl (C=O) groups is 3. The minimum Gasteiger partial charge on any atom is -0.355 e. The van der Waals surface area contributed by atoms with Crippen LogP contribution < -0.4 is 10.6 Å². The summed E-state index contributed by atoms with van der Waals surface area (Å²) in [6.45, 7) is 1.41. The standard InChI is InChI=1S/C19H18N2O3/c1-13(22)21-17-5-3-4-16(12-17)18(23)11-8-14-6-9-15(10-7-14)19(24)20-2/h3-12H,1-2H3,(H,20,24)(H,21,22)/b11-8+. The molecule has 0 aliphatic rings. The number of nitrogens with one attached hydrogen (secondary N) is 2. The highest BCUT2D eigenvalue weighted by molar-refractivity contribution is 6.07. The van der Waals surface area contributed by atoms with Crippen LogP contribution in [0.5, 0.6) is 0 Å². The molecule has 0 radical (unpaired) electrons. The third kappa shape index (κ3) is 4.64. The first-order valence-corrected chi connectivity index (χ1v) is 7.42. The zero-order chi connectivity index (χ0) is 17.5. The van der Waals surface area contributed by atoms with Gasteiger partial charge in [-0.1, -0.05) is 30.3 Å². The average Bonchev–Trinajstić information content (AvgIpc) is 2.59.